The van der Waals surface area contributed by atoms with E-state index in [0.717, 1.165) is 0 Å². The average molecular weight is 171 g/mol. The Bertz CT molecular complexity index is 155. The van der Waals surface area contributed by atoms with Gasteiger partial charge in [-0.25, -0.2) is 0 Å². The fourth-order valence-corrected chi connectivity index (χ4v) is 0.713. The number of rotatable bonds is 5. The number of hydrogen-bond acceptors (Lipinski definition) is 3. The minimum atomic E-state index is -0.221. The summed E-state index contributed by atoms with van der Waals surface area (Å²) in [5, 5.41) is 3.01. The van der Waals surface area contributed by atoms with Crippen molar-refractivity contribution in [3.05, 3.63) is 12.2 Å². The molecule has 0 saturated carbocycles. The first-order chi connectivity index (χ1) is 5.72. The van der Waals surface area contributed by atoms with Crippen LogP contribution in [0.4, 0.5) is 0 Å². The maximum atomic E-state index is 11.0. The summed E-state index contributed by atoms with van der Waals surface area (Å²) >= 11 is 0. The van der Waals surface area contributed by atoms with E-state index in [2.05, 4.69) is 5.32 Å². The van der Waals surface area contributed by atoms with E-state index >= 15 is 0 Å². The van der Waals surface area contributed by atoms with Gasteiger partial charge in [-0.15, -0.1) is 0 Å². The summed E-state index contributed by atoms with van der Waals surface area (Å²) in [4.78, 5) is 11.0. The molecule has 1 unspecified atom stereocenters. The van der Waals surface area contributed by atoms with Gasteiger partial charge in [0.15, 0.2) is 0 Å². The molecule has 3 nitrogen and oxygen atoms in total. The number of esters is 1. The van der Waals surface area contributed by atoms with Crippen LogP contribution in [-0.4, -0.2) is 25.2 Å². The maximum absolute atomic E-state index is 11.0. The molecule has 0 aromatic rings. The molecule has 1 atom stereocenters. The van der Waals surface area contributed by atoms with Gasteiger partial charge in [0.2, 0.25) is 0 Å². The van der Waals surface area contributed by atoms with Gasteiger partial charge in [0.25, 0.3) is 0 Å². The van der Waals surface area contributed by atoms with Crippen LogP contribution < -0.4 is 5.32 Å². The Morgan fingerprint density at radius 2 is 2.33 bits per heavy atom. The minimum absolute atomic E-state index is 0.193. The maximum Gasteiger partial charge on any atom is 0.322 e. The smallest absolute Gasteiger partial charge is 0.322 e. The van der Waals surface area contributed by atoms with Gasteiger partial charge in [-0.3, -0.25) is 4.79 Å². The molecule has 0 rings (SSSR count). The van der Waals surface area contributed by atoms with Crippen LogP contribution in [0, 0.1) is 0 Å². The Morgan fingerprint density at radius 1 is 1.67 bits per heavy atom. The van der Waals surface area contributed by atoms with Gasteiger partial charge >= 0.3 is 5.97 Å². The molecule has 0 bridgehead atoms. The lowest BCUT2D eigenvalue weighted by atomic mass is 10.3. The molecular formula is C9H17NO2. The summed E-state index contributed by atoms with van der Waals surface area (Å²) in [7, 11) is 0. The molecule has 0 saturated heterocycles. The van der Waals surface area contributed by atoms with E-state index in [1.54, 1.807) is 13.8 Å². The molecule has 1 N–H and O–H groups in total. The van der Waals surface area contributed by atoms with Gasteiger partial charge in [0.05, 0.1) is 6.61 Å². The zero-order valence-electron chi connectivity index (χ0n) is 7.96. The first-order valence-electron chi connectivity index (χ1n) is 4.23. The van der Waals surface area contributed by atoms with E-state index in [1.807, 2.05) is 19.1 Å². The second kappa shape index (κ2) is 6.85. The van der Waals surface area contributed by atoms with Gasteiger partial charge in [0, 0.05) is 6.54 Å². The van der Waals surface area contributed by atoms with E-state index in [9.17, 15) is 4.79 Å². The van der Waals surface area contributed by atoms with Crippen molar-refractivity contribution < 1.29 is 9.53 Å². The van der Waals surface area contributed by atoms with Crippen molar-refractivity contribution in [2.75, 3.05) is 13.2 Å². The van der Waals surface area contributed by atoms with Crippen molar-refractivity contribution in [1.82, 2.24) is 5.32 Å². The molecule has 0 fully saturated rings. The zero-order chi connectivity index (χ0) is 9.40. The molecule has 3 heteroatoms. The highest BCUT2D eigenvalue weighted by molar-refractivity contribution is 5.75. The molecular weight excluding hydrogens is 154 g/mol. The molecule has 0 aliphatic rings. The minimum Gasteiger partial charge on any atom is -0.465 e. The van der Waals surface area contributed by atoms with Crippen molar-refractivity contribution >= 4 is 5.97 Å². The molecule has 0 heterocycles. The lowest BCUT2D eigenvalue weighted by Crippen LogP contribution is -2.35. The van der Waals surface area contributed by atoms with Crippen LogP contribution >= 0.6 is 0 Å². The summed E-state index contributed by atoms with van der Waals surface area (Å²) < 4.78 is 4.81. The van der Waals surface area contributed by atoms with E-state index in [-0.39, 0.29) is 12.0 Å². The normalized spacial score (nSPS) is 13.2. The van der Waals surface area contributed by atoms with E-state index in [1.165, 1.54) is 0 Å². The molecule has 0 aliphatic carbocycles. The molecule has 12 heavy (non-hydrogen) atoms. The number of hydrogen-bond donors (Lipinski definition) is 1. The highest BCUT2D eigenvalue weighted by Gasteiger charge is 2.10. The largest absolute Gasteiger partial charge is 0.465 e. The molecule has 0 aliphatic heterocycles. The molecule has 70 valence electrons. The highest BCUT2D eigenvalue weighted by atomic mass is 16.5. The Balaban J connectivity index is 3.56. The van der Waals surface area contributed by atoms with Crippen molar-refractivity contribution in [2.45, 2.75) is 26.8 Å². The van der Waals surface area contributed by atoms with Crippen molar-refractivity contribution in [1.29, 1.82) is 0 Å². The first-order valence-corrected chi connectivity index (χ1v) is 4.23. The van der Waals surface area contributed by atoms with Crippen molar-refractivity contribution in [3.63, 3.8) is 0 Å². The molecule has 0 radical (unpaired) electrons. The van der Waals surface area contributed by atoms with Crippen LogP contribution in [0.1, 0.15) is 20.8 Å². The summed E-state index contributed by atoms with van der Waals surface area (Å²) in [5.74, 6) is -0.193. The molecule has 0 aromatic heterocycles. The van der Waals surface area contributed by atoms with E-state index in [4.69, 9.17) is 4.74 Å². The van der Waals surface area contributed by atoms with Crippen LogP contribution in [0.2, 0.25) is 0 Å². The summed E-state index contributed by atoms with van der Waals surface area (Å²) in [6.45, 7) is 6.68. The number of carbonyl (C=O) groups excluding carboxylic acids is 1. The highest BCUT2D eigenvalue weighted by Crippen LogP contribution is 1.87. The number of ether oxygens (including phenoxy) is 1. The Labute approximate surface area is 73.8 Å². The standard InChI is InChI=1S/C9H17NO2/c1-4-6-7-10-8(3)9(11)12-5-2/h4,6,8,10H,5,7H2,1-3H3/b6-4+. The third-order valence-electron chi connectivity index (χ3n) is 1.42. The molecule has 0 spiro atoms. The second-order valence-corrected chi connectivity index (χ2v) is 2.45. The fraction of sp³-hybridized carbons (Fsp3) is 0.667. The average Bonchev–Trinajstić information content (AvgIpc) is 2.05. The van der Waals surface area contributed by atoms with Crippen molar-refractivity contribution in [3.8, 4) is 0 Å². The van der Waals surface area contributed by atoms with Crippen LogP contribution in [0.3, 0.4) is 0 Å². The first kappa shape index (κ1) is 11.2. The van der Waals surface area contributed by atoms with Gasteiger partial charge in [-0.1, -0.05) is 12.2 Å². The van der Waals surface area contributed by atoms with Crippen LogP contribution in [0.15, 0.2) is 12.2 Å². The third-order valence-corrected chi connectivity index (χ3v) is 1.42. The lowest BCUT2D eigenvalue weighted by molar-refractivity contribution is -0.145. The number of nitrogens with one attached hydrogen (secondary N) is 1. The summed E-state index contributed by atoms with van der Waals surface area (Å²) in [5.41, 5.74) is 0. The Morgan fingerprint density at radius 3 is 2.83 bits per heavy atom. The number of allylic oxidation sites excluding steroid dienone is 1. The SMILES string of the molecule is C/C=C/CNC(C)C(=O)OCC. The van der Waals surface area contributed by atoms with E-state index < -0.39 is 0 Å². The predicted octanol–water partition coefficient (Wildman–Crippen LogP) is 1.10. The van der Waals surface area contributed by atoms with Crippen LogP contribution in [-0.2, 0) is 9.53 Å². The topological polar surface area (TPSA) is 38.3 Å². The summed E-state index contributed by atoms with van der Waals surface area (Å²) in [6, 6.07) is -0.221. The second-order valence-electron chi connectivity index (χ2n) is 2.45. The zero-order valence-corrected chi connectivity index (χ0v) is 7.96. The Kier molecular flexibility index (Phi) is 6.38. The Hall–Kier alpha value is -0.830. The monoisotopic (exact) mass is 171 g/mol. The molecule has 0 amide bonds. The van der Waals surface area contributed by atoms with Gasteiger partial charge in [-0.2, -0.15) is 0 Å². The third kappa shape index (κ3) is 4.91. The number of carbonyl (C=O) groups is 1. The summed E-state index contributed by atoms with van der Waals surface area (Å²) in [6.07, 6.45) is 3.89. The van der Waals surface area contributed by atoms with E-state index in [0.29, 0.717) is 13.2 Å². The molecule has 0 aromatic carbocycles. The van der Waals surface area contributed by atoms with Gasteiger partial charge < -0.3 is 10.1 Å². The van der Waals surface area contributed by atoms with Crippen LogP contribution in [0.5, 0.6) is 0 Å². The van der Waals surface area contributed by atoms with Gasteiger partial charge in [-0.05, 0) is 20.8 Å². The van der Waals surface area contributed by atoms with Crippen molar-refractivity contribution in [2.24, 2.45) is 0 Å². The van der Waals surface area contributed by atoms with Crippen LogP contribution in [0.25, 0.3) is 0 Å². The quantitative estimate of drug-likeness (QED) is 0.497. The lowest BCUT2D eigenvalue weighted by Gasteiger charge is -2.10. The predicted molar refractivity (Wildman–Crippen MR) is 48.9 cm³/mol. The van der Waals surface area contributed by atoms with Gasteiger partial charge in [0.1, 0.15) is 6.04 Å². The fourth-order valence-electron chi connectivity index (χ4n) is 0.713.